The molecule has 0 spiro atoms. The molecule has 2 aliphatic heterocycles. The molecule has 0 saturated carbocycles. The van der Waals surface area contributed by atoms with Gasteiger partial charge in [-0.1, -0.05) is 12.1 Å². The molecule has 5 heteroatoms. The number of benzene rings is 1. The Labute approximate surface area is 116 Å². The van der Waals surface area contributed by atoms with Gasteiger partial charge >= 0.3 is 0 Å². The summed E-state index contributed by atoms with van der Waals surface area (Å²) in [5.41, 5.74) is 2.74. The van der Waals surface area contributed by atoms with Crippen LogP contribution >= 0.6 is 0 Å². The van der Waals surface area contributed by atoms with Crippen molar-refractivity contribution in [2.24, 2.45) is 5.92 Å². The van der Waals surface area contributed by atoms with Gasteiger partial charge in [-0.05, 0) is 30.0 Å². The van der Waals surface area contributed by atoms with Crippen molar-refractivity contribution in [2.45, 2.75) is 25.8 Å². The summed E-state index contributed by atoms with van der Waals surface area (Å²) in [7, 11) is 1.78. The van der Waals surface area contributed by atoms with E-state index in [0.717, 1.165) is 16.7 Å². The lowest BCUT2D eigenvalue weighted by Crippen LogP contribution is -2.41. The maximum Gasteiger partial charge on any atom is 0.254 e. The molecule has 1 fully saturated rings. The monoisotopic (exact) mass is 272 g/mol. The zero-order chi connectivity index (χ0) is 14.3. The lowest BCUT2D eigenvalue weighted by Gasteiger charge is -2.20. The largest absolute Gasteiger partial charge is 0.337 e. The molecule has 1 saturated heterocycles. The van der Waals surface area contributed by atoms with Gasteiger partial charge < -0.3 is 4.90 Å². The van der Waals surface area contributed by atoms with Gasteiger partial charge in [0.25, 0.3) is 5.91 Å². The number of nitrogens with one attached hydrogen (secondary N) is 1. The van der Waals surface area contributed by atoms with Crippen LogP contribution in [-0.2, 0) is 22.6 Å². The van der Waals surface area contributed by atoms with Gasteiger partial charge in [-0.25, -0.2) is 0 Å². The van der Waals surface area contributed by atoms with E-state index in [9.17, 15) is 14.4 Å². The zero-order valence-electron chi connectivity index (χ0n) is 11.3. The van der Waals surface area contributed by atoms with Gasteiger partial charge in [0.1, 0.15) is 0 Å². The van der Waals surface area contributed by atoms with Crippen LogP contribution in [0.25, 0.3) is 0 Å². The summed E-state index contributed by atoms with van der Waals surface area (Å²) in [5, 5.41) is 2.36. The third-order valence-electron chi connectivity index (χ3n) is 3.99. The third kappa shape index (κ3) is 2.19. The number of imide groups is 1. The number of fused-ring (bicyclic) bond motifs is 1. The van der Waals surface area contributed by atoms with Crippen molar-refractivity contribution < 1.29 is 14.4 Å². The van der Waals surface area contributed by atoms with E-state index in [2.05, 4.69) is 5.32 Å². The number of carbonyl (C=O) groups is 3. The first-order valence-electron chi connectivity index (χ1n) is 6.75. The van der Waals surface area contributed by atoms with Crippen LogP contribution in [0.4, 0.5) is 0 Å². The molecular formula is C15H16N2O3. The molecule has 3 amide bonds. The Bertz CT molecular complexity index is 609. The van der Waals surface area contributed by atoms with E-state index in [1.807, 2.05) is 18.2 Å². The van der Waals surface area contributed by atoms with Gasteiger partial charge in [0.15, 0.2) is 0 Å². The molecule has 0 radical (unpaired) electrons. The second kappa shape index (κ2) is 4.74. The van der Waals surface area contributed by atoms with Gasteiger partial charge in [-0.15, -0.1) is 0 Å². The maximum absolute atomic E-state index is 12.0. The van der Waals surface area contributed by atoms with Crippen LogP contribution in [0.1, 0.15) is 34.3 Å². The first kappa shape index (κ1) is 12.8. The van der Waals surface area contributed by atoms with Crippen LogP contribution in [-0.4, -0.2) is 29.7 Å². The molecule has 1 aromatic rings. The standard InChI is InChI=1S/C15H16N2O3/c1-17-8-11-3-2-9(7-12(11)15(17)20)6-10-4-5-13(18)16-14(10)19/h2-3,7,10H,4-6,8H2,1H3,(H,16,18,19). The lowest BCUT2D eigenvalue weighted by atomic mass is 9.90. The first-order valence-corrected chi connectivity index (χ1v) is 6.75. The number of rotatable bonds is 2. The minimum atomic E-state index is -0.204. The molecule has 20 heavy (non-hydrogen) atoms. The number of carbonyl (C=O) groups excluding carboxylic acids is 3. The summed E-state index contributed by atoms with van der Waals surface area (Å²) in [4.78, 5) is 36.5. The smallest absolute Gasteiger partial charge is 0.254 e. The molecule has 3 rings (SSSR count). The summed E-state index contributed by atoms with van der Waals surface area (Å²) < 4.78 is 0. The molecule has 1 N–H and O–H groups in total. The summed E-state index contributed by atoms with van der Waals surface area (Å²) >= 11 is 0. The quantitative estimate of drug-likeness (QED) is 0.812. The molecule has 104 valence electrons. The third-order valence-corrected chi connectivity index (χ3v) is 3.99. The average Bonchev–Trinajstić information content (AvgIpc) is 2.69. The SMILES string of the molecule is CN1Cc2ccc(CC3CCC(=O)NC3=O)cc2C1=O. The van der Waals surface area contributed by atoms with E-state index in [0.29, 0.717) is 25.8 Å². The van der Waals surface area contributed by atoms with Gasteiger partial charge in [-0.3, -0.25) is 19.7 Å². The van der Waals surface area contributed by atoms with Crippen molar-refractivity contribution >= 4 is 17.7 Å². The highest BCUT2D eigenvalue weighted by Gasteiger charge is 2.28. The number of hydrogen-bond donors (Lipinski definition) is 1. The van der Waals surface area contributed by atoms with E-state index >= 15 is 0 Å². The van der Waals surface area contributed by atoms with Crippen molar-refractivity contribution in [3.05, 3.63) is 34.9 Å². The van der Waals surface area contributed by atoms with Crippen LogP contribution < -0.4 is 5.32 Å². The number of nitrogens with zero attached hydrogens (tertiary/aromatic N) is 1. The Morgan fingerprint density at radius 3 is 2.85 bits per heavy atom. The fourth-order valence-corrected chi connectivity index (χ4v) is 2.84. The van der Waals surface area contributed by atoms with Crippen LogP contribution in [0.5, 0.6) is 0 Å². The highest BCUT2D eigenvalue weighted by Crippen LogP contribution is 2.25. The second-order valence-corrected chi connectivity index (χ2v) is 5.50. The van der Waals surface area contributed by atoms with Crippen molar-refractivity contribution in [1.82, 2.24) is 10.2 Å². The molecule has 1 unspecified atom stereocenters. The maximum atomic E-state index is 12.0. The van der Waals surface area contributed by atoms with E-state index in [1.54, 1.807) is 11.9 Å². The van der Waals surface area contributed by atoms with Crippen LogP contribution in [0, 0.1) is 5.92 Å². The number of hydrogen-bond acceptors (Lipinski definition) is 3. The first-order chi connectivity index (χ1) is 9.54. The molecule has 2 heterocycles. The highest BCUT2D eigenvalue weighted by molar-refractivity contribution is 5.99. The number of amides is 3. The van der Waals surface area contributed by atoms with Crippen molar-refractivity contribution in [1.29, 1.82) is 0 Å². The minimum Gasteiger partial charge on any atom is -0.337 e. The molecule has 1 aromatic carbocycles. The molecule has 1 atom stereocenters. The van der Waals surface area contributed by atoms with E-state index in [4.69, 9.17) is 0 Å². The fourth-order valence-electron chi connectivity index (χ4n) is 2.84. The van der Waals surface area contributed by atoms with E-state index < -0.39 is 0 Å². The van der Waals surface area contributed by atoms with Gasteiger partial charge in [0.2, 0.25) is 11.8 Å². The van der Waals surface area contributed by atoms with Crippen LogP contribution in [0.15, 0.2) is 18.2 Å². The predicted molar refractivity (Wildman–Crippen MR) is 71.8 cm³/mol. The van der Waals surface area contributed by atoms with Crippen molar-refractivity contribution in [2.75, 3.05) is 7.05 Å². The Balaban J connectivity index is 1.78. The normalized spacial score (nSPS) is 21.9. The highest BCUT2D eigenvalue weighted by atomic mass is 16.2. The molecule has 0 aromatic heterocycles. The molecule has 2 aliphatic rings. The van der Waals surface area contributed by atoms with Crippen molar-refractivity contribution in [3.63, 3.8) is 0 Å². The Morgan fingerprint density at radius 2 is 2.10 bits per heavy atom. The minimum absolute atomic E-state index is 0.0325. The summed E-state index contributed by atoms with van der Waals surface area (Å²) in [6, 6.07) is 5.80. The van der Waals surface area contributed by atoms with Crippen LogP contribution in [0.3, 0.4) is 0 Å². The van der Waals surface area contributed by atoms with Gasteiger partial charge in [0.05, 0.1) is 0 Å². The summed E-state index contributed by atoms with van der Waals surface area (Å²) in [6.07, 6.45) is 1.54. The average molecular weight is 272 g/mol. The van der Waals surface area contributed by atoms with Crippen LogP contribution in [0.2, 0.25) is 0 Å². The van der Waals surface area contributed by atoms with Crippen molar-refractivity contribution in [3.8, 4) is 0 Å². The summed E-state index contributed by atoms with van der Waals surface area (Å²) in [6.45, 7) is 0.646. The fraction of sp³-hybridized carbons (Fsp3) is 0.400. The van der Waals surface area contributed by atoms with Gasteiger partial charge in [0, 0.05) is 31.5 Å². The second-order valence-electron chi connectivity index (χ2n) is 5.50. The topological polar surface area (TPSA) is 66.5 Å². The molecule has 5 nitrogen and oxygen atoms in total. The molecule has 0 bridgehead atoms. The van der Waals surface area contributed by atoms with Gasteiger partial charge in [-0.2, -0.15) is 0 Å². The lowest BCUT2D eigenvalue weighted by molar-refractivity contribution is -0.136. The van der Waals surface area contributed by atoms with E-state index in [-0.39, 0.29) is 23.6 Å². The Hall–Kier alpha value is -2.17. The van der Waals surface area contributed by atoms with E-state index in [1.165, 1.54) is 0 Å². The number of piperidine rings is 1. The zero-order valence-corrected chi connectivity index (χ0v) is 11.3. The molecular weight excluding hydrogens is 256 g/mol. The Kier molecular flexibility index (Phi) is 3.04. The Morgan fingerprint density at radius 1 is 1.30 bits per heavy atom. The summed E-state index contributed by atoms with van der Waals surface area (Å²) in [5.74, 6) is -0.549. The molecule has 0 aliphatic carbocycles. The predicted octanol–water partition coefficient (Wildman–Crippen LogP) is 0.867.